The van der Waals surface area contributed by atoms with Gasteiger partial charge in [-0.15, -0.1) is 0 Å². The summed E-state index contributed by atoms with van der Waals surface area (Å²) in [5, 5.41) is 4.68. The SMILES string of the molecule is CCC(CNC(=O)[C@@H]1CCCN1C(=O)[C@@H](N(/C=C(\[NH3+])C1CC1)NC)C(C)(C)C)Oc1cccc(C(F)(F)F)c1. The number of hydrazine groups is 1. The molecule has 1 saturated heterocycles. The molecule has 1 aromatic carbocycles. The molecule has 0 aromatic heterocycles. The molecule has 0 bridgehead atoms. The number of likely N-dealkylation sites (tertiary alicyclic amines) is 1. The second-order valence-electron chi connectivity index (χ2n) is 11.5. The van der Waals surface area contributed by atoms with Crippen molar-refractivity contribution in [3.05, 3.63) is 41.7 Å². The number of rotatable bonds is 11. The van der Waals surface area contributed by atoms with Crippen LogP contribution in [0.4, 0.5) is 13.2 Å². The van der Waals surface area contributed by atoms with Gasteiger partial charge in [0.2, 0.25) is 11.8 Å². The average Bonchev–Trinajstić information content (AvgIpc) is 3.60. The summed E-state index contributed by atoms with van der Waals surface area (Å²) in [4.78, 5) is 28.8. The Balaban J connectivity index is 1.68. The third-order valence-corrected chi connectivity index (χ3v) is 7.26. The van der Waals surface area contributed by atoms with Crippen LogP contribution in [0.5, 0.6) is 5.75 Å². The molecule has 2 fully saturated rings. The van der Waals surface area contributed by atoms with Gasteiger partial charge >= 0.3 is 6.18 Å². The molecule has 1 aromatic rings. The van der Waals surface area contributed by atoms with Gasteiger partial charge in [0.05, 0.1) is 18.3 Å². The third kappa shape index (κ3) is 8.11. The van der Waals surface area contributed by atoms with Gasteiger partial charge in [0.1, 0.15) is 29.6 Å². The summed E-state index contributed by atoms with van der Waals surface area (Å²) in [6.45, 7) is 8.41. The number of benzene rings is 1. The fraction of sp³-hybridized carbons (Fsp3) is 0.643. The van der Waals surface area contributed by atoms with Gasteiger partial charge in [-0.1, -0.05) is 33.8 Å². The number of carbonyl (C=O) groups excluding carboxylic acids is 2. The van der Waals surface area contributed by atoms with E-state index in [-0.39, 0.29) is 24.1 Å². The van der Waals surface area contributed by atoms with Gasteiger partial charge < -0.3 is 20.7 Å². The Morgan fingerprint density at radius 3 is 2.49 bits per heavy atom. The molecule has 3 atom stereocenters. The number of hydrogen-bond donors (Lipinski definition) is 3. The van der Waals surface area contributed by atoms with Crippen molar-refractivity contribution in [3.63, 3.8) is 0 Å². The largest absolute Gasteiger partial charge is 0.489 e. The van der Waals surface area contributed by atoms with Crippen molar-refractivity contribution in [2.45, 2.75) is 84.2 Å². The van der Waals surface area contributed by atoms with Crippen LogP contribution in [0.1, 0.15) is 65.4 Å². The minimum Gasteiger partial charge on any atom is -0.489 e. The first-order valence-electron chi connectivity index (χ1n) is 13.7. The Labute approximate surface area is 229 Å². The molecule has 2 amide bonds. The van der Waals surface area contributed by atoms with Crippen molar-refractivity contribution in [1.29, 1.82) is 0 Å². The fourth-order valence-electron chi connectivity index (χ4n) is 4.91. The Morgan fingerprint density at radius 1 is 1.23 bits per heavy atom. The number of nitrogens with zero attached hydrogens (tertiary/aromatic N) is 2. The number of allylic oxidation sites excluding steroid dienone is 1. The summed E-state index contributed by atoms with van der Waals surface area (Å²) in [5.74, 6) is 0.114. The highest BCUT2D eigenvalue weighted by Crippen LogP contribution is 2.35. The molecule has 1 aliphatic heterocycles. The molecule has 39 heavy (non-hydrogen) atoms. The van der Waals surface area contributed by atoms with Crippen molar-refractivity contribution in [3.8, 4) is 5.75 Å². The molecule has 2 aliphatic rings. The Bertz CT molecular complexity index is 1040. The van der Waals surface area contributed by atoms with Gasteiger partial charge in [0, 0.05) is 19.5 Å². The topological polar surface area (TPSA) is 102 Å². The molecule has 1 saturated carbocycles. The highest BCUT2D eigenvalue weighted by atomic mass is 19.4. The van der Waals surface area contributed by atoms with Gasteiger partial charge in [-0.3, -0.25) is 14.6 Å². The van der Waals surface area contributed by atoms with Crippen molar-refractivity contribution in [1.82, 2.24) is 20.7 Å². The molecule has 3 rings (SSSR count). The summed E-state index contributed by atoms with van der Waals surface area (Å²) in [6, 6.07) is 3.52. The maximum absolute atomic E-state index is 13.9. The molecular weight excluding hydrogens is 511 g/mol. The zero-order valence-corrected chi connectivity index (χ0v) is 23.6. The number of carbonyl (C=O) groups is 2. The van der Waals surface area contributed by atoms with Crippen molar-refractivity contribution < 1.29 is 33.2 Å². The molecule has 218 valence electrons. The smallest absolute Gasteiger partial charge is 0.416 e. The summed E-state index contributed by atoms with van der Waals surface area (Å²) >= 11 is 0. The number of hydrogen-bond acceptors (Lipinski definition) is 5. The maximum Gasteiger partial charge on any atom is 0.416 e. The average molecular weight is 555 g/mol. The molecule has 0 spiro atoms. The second-order valence-corrected chi connectivity index (χ2v) is 11.5. The van der Waals surface area contributed by atoms with E-state index in [1.165, 1.54) is 12.1 Å². The third-order valence-electron chi connectivity index (χ3n) is 7.26. The first-order valence-corrected chi connectivity index (χ1v) is 13.7. The van der Waals surface area contributed by atoms with Gasteiger partial charge in [-0.25, -0.2) is 5.43 Å². The quantitative estimate of drug-likeness (QED) is 0.365. The Hall–Kier alpha value is -2.79. The lowest BCUT2D eigenvalue weighted by Crippen LogP contribution is -2.60. The van der Waals surface area contributed by atoms with Crippen LogP contribution >= 0.6 is 0 Å². The van der Waals surface area contributed by atoms with Crippen LogP contribution in [0.2, 0.25) is 0 Å². The first-order chi connectivity index (χ1) is 18.3. The predicted octanol–water partition coefficient (Wildman–Crippen LogP) is 3.31. The molecule has 8 nitrogen and oxygen atoms in total. The van der Waals surface area contributed by atoms with E-state index in [1.807, 2.05) is 38.9 Å². The van der Waals surface area contributed by atoms with Gasteiger partial charge in [0.15, 0.2) is 0 Å². The van der Waals surface area contributed by atoms with Crippen LogP contribution in [0.15, 0.2) is 36.2 Å². The number of amides is 2. The maximum atomic E-state index is 13.9. The fourth-order valence-corrected chi connectivity index (χ4v) is 4.91. The number of halogens is 3. The van der Waals surface area contributed by atoms with Crippen molar-refractivity contribution >= 4 is 11.8 Å². The van der Waals surface area contributed by atoms with Crippen LogP contribution in [-0.2, 0) is 15.8 Å². The molecule has 5 N–H and O–H groups in total. The Kier molecular flexibility index (Phi) is 9.93. The summed E-state index contributed by atoms with van der Waals surface area (Å²) in [6.07, 6.45) is 0.852. The van der Waals surface area contributed by atoms with E-state index in [2.05, 4.69) is 16.5 Å². The minimum atomic E-state index is -4.47. The standard InChI is InChI=1S/C28H42F3N5O3/c1-6-20(39-21-10-7-9-19(15-21)28(29,30)31)16-34-25(37)23-11-8-14-35(23)26(38)24(27(2,3)4)36(33-5)17-22(32)18-12-13-18/h7,9-10,15,17-18,20,23-24,33H,6,8,11-14,16,32H2,1-5H3,(H,34,37)/p+1/b22-17-/t20?,23-,24+/m0/s1. The number of quaternary nitrogens is 1. The monoisotopic (exact) mass is 554 g/mol. The van der Waals surface area contributed by atoms with Crippen LogP contribution < -0.4 is 21.2 Å². The van der Waals surface area contributed by atoms with E-state index in [0.29, 0.717) is 31.7 Å². The first kappa shape index (κ1) is 30.7. The number of ether oxygens (including phenoxy) is 1. The number of alkyl halides is 3. The lowest BCUT2D eigenvalue weighted by Gasteiger charge is -2.40. The molecule has 0 radical (unpaired) electrons. The zero-order chi connectivity index (χ0) is 29.0. The van der Waals surface area contributed by atoms with Crippen molar-refractivity contribution in [2.75, 3.05) is 20.1 Å². The second kappa shape index (κ2) is 12.6. The molecular formula is C28H43F3N5O3+. The highest BCUT2D eigenvalue weighted by Gasteiger charge is 2.44. The molecule has 1 heterocycles. The van der Waals surface area contributed by atoms with E-state index in [9.17, 15) is 22.8 Å². The molecule has 1 aliphatic carbocycles. The zero-order valence-electron chi connectivity index (χ0n) is 23.6. The van der Waals surface area contributed by atoms with Crippen LogP contribution in [0.3, 0.4) is 0 Å². The van der Waals surface area contributed by atoms with Gasteiger partial charge in [-0.2, -0.15) is 13.2 Å². The minimum absolute atomic E-state index is 0.0906. The highest BCUT2D eigenvalue weighted by molar-refractivity contribution is 5.90. The summed E-state index contributed by atoms with van der Waals surface area (Å²) in [5.41, 5.74) is 7.06. The van der Waals surface area contributed by atoms with Gasteiger partial charge in [0.25, 0.3) is 0 Å². The van der Waals surface area contributed by atoms with Crippen LogP contribution in [0.25, 0.3) is 0 Å². The van der Waals surface area contributed by atoms with E-state index in [1.54, 1.807) is 11.9 Å². The summed E-state index contributed by atoms with van der Waals surface area (Å²) < 4.78 is 44.9. The normalized spacial score (nSPS) is 20.0. The van der Waals surface area contributed by atoms with Crippen LogP contribution in [0, 0.1) is 11.3 Å². The van der Waals surface area contributed by atoms with E-state index in [0.717, 1.165) is 30.7 Å². The summed E-state index contributed by atoms with van der Waals surface area (Å²) in [7, 11) is 1.77. The molecule has 11 heteroatoms. The van der Waals surface area contributed by atoms with E-state index in [4.69, 9.17) is 4.74 Å². The molecule has 1 unspecified atom stereocenters. The number of nitrogens with one attached hydrogen (secondary N) is 2. The van der Waals surface area contributed by atoms with Crippen molar-refractivity contribution in [2.24, 2.45) is 11.3 Å². The van der Waals surface area contributed by atoms with Gasteiger partial charge in [-0.05, 0) is 55.7 Å². The lowest BCUT2D eigenvalue weighted by atomic mass is 9.85. The van der Waals surface area contributed by atoms with E-state index < -0.39 is 35.3 Å². The lowest BCUT2D eigenvalue weighted by molar-refractivity contribution is -0.311. The van der Waals surface area contributed by atoms with E-state index >= 15 is 0 Å². The predicted molar refractivity (Wildman–Crippen MR) is 142 cm³/mol. The Morgan fingerprint density at radius 2 is 1.92 bits per heavy atom. The van der Waals surface area contributed by atoms with Crippen LogP contribution in [-0.4, -0.2) is 60.0 Å².